The van der Waals surface area contributed by atoms with Gasteiger partial charge in [-0.3, -0.25) is 4.79 Å². The Morgan fingerprint density at radius 1 is 1.00 bits per heavy atom. The van der Waals surface area contributed by atoms with Crippen molar-refractivity contribution in [3.05, 3.63) is 65.2 Å². The highest BCUT2D eigenvalue weighted by molar-refractivity contribution is 5.74. The summed E-state index contributed by atoms with van der Waals surface area (Å²) in [5.74, 6) is -0.766. The Morgan fingerprint density at radius 2 is 1.55 bits per heavy atom. The molecule has 0 amide bonds. The molecule has 0 aliphatic rings. The Labute approximate surface area is 132 Å². The lowest BCUT2D eigenvalue weighted by atomic mass is 9.86. The first kappa shape index (κ1) is 16.1. The van der Waals surface area contributed by atoms with Crippen molar-refractivity contribution in [1.82, 2.24) is 0 Å². The second-order valence-electron chi connectivity index (χ2n) is 6.40. The van der Waals surface area contributed by atoms with Crippen LogP contribution in [0.5, 0.6) is 0 Å². The molecule has 0 aliphatic carbocycles. The zero-order valence-electron chi connectivity index (χ0n) is 13.4. The van der Waals surface area contributed by atoms with Crippen molar-refractivity contribution in [2.24, 2.45) is 5.41 Å². The van der Waals surface area contributed by atoms with E-state index in [1.807, 2.05) is 12.1 Å². The predicted molar refractivity (Wildman–Crippen MR) is 90.1 cm³/mol. The van der Waals surface area contributed by atoms with Gasteiger partial charge < -0.3 is 10.4 Å². The van der Waals surface area contributed by atoms with Gasteiger partial charge in [0.1, 0.15) is 0 Å². The number of anilines is 1. The first-order valence-electron chi connectivity index (χ1n) is 7.48. The summed E-state index contributed by atoms with van der Waals surface area (Å²) in [6, 6.07) is 16.4. The molecule has 0 aliphatic heterocycles. The van der Waals surface area contributed by atoms with E-state index < -0.39 is 11.4 Å². The number of nitrogens with one attached hydrogen (secondary N) is 1. The molecule has 0 saturated heterocycles. The fraction of sp³-hybridized carbons (Fsp3) is 0.316. The molecular weight excluding hydrogens is 274 g/mol. The van der Waals surface area contributed by atoms with Crippen LogP contribution in [-0.4, -0.2) is 11.1 Å². The molecular formula is C19H23NO2. The van der Waals surface area contributed by atoms with Crippen molar-refractivity contribution in [2.45, 2.75) is 33.7 Å². The molecule has 2 rings (SSSR count). The van der Waals surface area contributed by atoms with Gasteiger partial charge in [-0.15, -0.1) is 0 Å². The van der Waals surface area contributed by atoms with E-state index in [1.54, 1.807) is 13.8 Å². The van der Waals surface area contributed by atoms with E-state index in [0.717, 1.165) is 17.8 Å². The Bertz CT molecular complexity index is 627. The van der Waals surface area contributed by atoms with E-state index in [-0.39, 0.29) is 0 Å². The first-order chi connectivity index (χ1) is 10.4. The van der Waals surface area contributed by atoms with Crippen LogP contribution in [0.4, 0.5) is 5.69 Å². The maximum Gasteiger partial charge on any atom is 0.309 e. The summed E-state index contributed by atoms with van der Waals surface area (Å²) in [4.78, 5) is 11.2. The topological polar surface area (TPSA) is 49.3 Å². The number of rotatable bonds is 6. The minimum Gasteiger partial charge on any atom is -0.481 e. The third-order valence-corrected chi connectivity index (χ3v) is 3.80. The van der Waals surface area contributed by atoms with E-state index in [1.165, 1.54) is 11.1 Å². The molecule has 0 spiro atoms. The maximum absolute atomic E-state index is 11.2. The molecule has 0 radical (unpaired) electrons. The van der Waals surface area contributed by atoms with Crippen molar-refractivity contribution in [1.29, 1.82) is 0 Å². The summed E-state index contributed by atoms with van der Waals surface area (Å²) in [5, 5.41) is 12.6. The molecule has 22 heavy (non-hydrogen) atoms. The quantitative estimate of drug-likeness (QED) is 0.837. The number of aryl methyl sites for hydroxylation is 1. The zero-order chi connectivity index (χ0) is 16.2. The average Bonchev–Trinajstić information content (AvgIpc) is 2.48. The van der Waals surface area contributed by atoms with Crippen molar-refractivity contribution >= 4 is 11.7 Å². The molecule has 0 bridgehead atoms. The van der Waals surface area contributed by atoms with Gasteiger partial charge in [-0.25, -0.2) is 0 Å². The summed E-state index contributed by atoms with van der Waals surface area (Å²) < 4.78 is 0. The second kappa shape index (κ2) is 6.65. The van der Waals surface area contributed by atoms with Crippen LogP contribution in [0.15, 0.2) is 48.5 Å². The first-order valence-corrected chi connectivity index (χ1v) is 7.48. The van der Waals surface area contributed by atoms with Crippen LogP contribution in [0, 0.1) is 12.3 Å². The van der Waals surface area contributed by atoms with Gasteiger partial charge in [0, 0.05) is 12.2 Å². The molecule has 3 heteroatoms. The van der Waals surface area contributed by atoms with Crippen LogP contribution >= 0.6 is 0 Å². The fourth-order valence-corrected chi connectivity index (χ4v) is 2.24. The summed E-state index contributed by atoms with van der Waals surface area (Å²) in [5.41, 5.74) is 3.84. The van der Waals surface area contributed by atoms with Gasteiger partial charge in [0.2, 0.25) is 0 Å². The molecule has 0 aromatic heterocycles. The van der Waals surface area contributed by atoms with Crippen molar-refractivity contribution in [2.75, 3.05) is 5.32 Å². The Balaban J connectivity index is 1.94. The number of hydrogen-bond donors (Lipinski definition) is 2. The molecule has 2 aromatic rings. The highest BCUT2D eigenvalue weighted by Gasteiger charge is 2.27. The third-order valence-electron chi connectivity index (χ3n) is 3.80. The van der Waals surface area contributed by atoms with Crippen molar-refractivity contribution in [3.63, 3.8) is 0 Å². The number of hydrogen-bond acceptors (Lipinski definition) is 2. The monoisotopic (exact) mass is 297 g/mol. The van der Waals surface area contributed by atoms with E-state index in [9.17, 15) is 9.90 Å². The van der Waals surface area contributed by atoms with Crippen LogP contribution in [-0.2, 0) is 17.8 Å². The molecule has 116 valence electrons. The van der Waals surface area contributed by atoms with Gasteiger partial charge in [-0.1, -0.05) is 42.0 Å². The summed E-state index contributed by atoms with van der Waals surface area (Å²) in [6.07, 6.45) is 0.536. The molecule has 2 N–H and O–H groups in total. The Morgan fingerprint density at radius 3 is 2.09 bits per heavy atom. The lowest BCUT2D eigenvalue weighted by molar-refractivity contribution is -0.146. The molecule has 0 unspecified atom stereocenters. The summed E-state index contributed by atoms with van der Waals surface area (Å²) >= 11 is 0. The highest BCUT2D eigenvalue weighted by Crippen LogP contribution is 2.22. The van der Waals surface area contributed by atoms with Gasteiger partial charge in [0.25, 0.3) is 0 Å². The molecule has 0 saturated carbocycles. The van der Waals surface area contributed by atoms with Crippen molar-refractivity contribution < 1.29 is 9.90 Å². The fourth-order valence-electron chi connectivity index (χ4n) is 2.24. The number of carbonyl (C=O) groups is 1. The minimum absolute atomic E-state index is 0.536. The molecule has 0 atom stereocenters. The van der Waals surface area contributed by atoms with E-state index >= 15 is 0 Å². The van der Waals surface area contributed by atoms with Gasteiger partial charge >= 0.3 is 5.97 Å². The largest absolute Gasteiger partial charge is 0.481 e. The maximum atomic E-state index is 11.2. The second-order valence-corrected chi connectivity index (χ2v) is 6.40. The van der Waals surface area contributed by atoms with Crippen LogP contribution < -0.4 is 5.32 Å². The summed E-state index contributed by atoms with van der Waals surface area (Å²) in [7, 11) is 0. The number of carboxylic acids is 1. The number of benzene rings is 2. The SMILES string of the molecule is Cc1ccc(NCc2ccc(CC(C)(C)C(=O)O)cc2)cc1. The Hall–Kier alpha value is -2.29. The van der Waals surface area contributed by atoms with E-state index in [2.05, 4.69) is 48.6 Å². The molecule has 0 fully saturated rings. The van der Waals surface area contributed by atoms with Crippen molar-refractivity contribution in [3.8, 4) is 0 Å². The van der Waals surface area contributed by atoms with Gasteiger partial charge in [0.15, 0.2) is 0 Å². The molecule has 3 nitrogen and oxygen atoms in total. The normalized spacial score (nSPS) is 11.2. The van der Waals surface area contributed by atoms with Crippen LogP contribution in [0.3, 0.4) is 0 Å². The van der Waals surface area contributed by atoms with Gasteiger partial charge in [-0.2, -0.15) is 0 Å². The standard InChI is InChI=1S/C19H23NO2/c1-14-4-10-17(11-5-14)20-13-16-8-6-15(7-9-16)12-19(2,3)18(21)22/h4-11,20H,12-13H2,1-3H3,(H,21,22). The van der Waals surface area contributed by atoms with E-state index in [0.29, 0.717) is 6.42 Å². The van der Waals surface area contributed by atoms with Gasteiger partial charge in [-0.05, 0) is 50.5 Å². The number of carboxylic acid groups (broad SMARTS) is 1. The number of aliphatic carboxylic acids is 1. The Kier molecular flexibility index (Phi) is 4.86. The molecule has 0 heterocycles. The summed E-state index contributed by atoms with van der Waals surface area (Å²) in [6.45, 7) is 6.33. The van der Waals surface area contributed by atoms with Gasteiger partial charge in [0.05, 0.1) is 5.41 Å². The molecule has 2 aromatic carbocycles. The predicted octanol–water partition coefficient (Wildman–Crippen LogP) is 4.26. The minimum atomic E-state index is -0.766. The lowest BCUT2D eigenvalue weighted by Crippen LogP contribution is -2.26. The van der Waals surface area contributed by atoms with Crippen LogP contribution in [0.25, 0.3) is 0 Å². The van der Waals surface area contributed by atoms with Crippen LogP contribution in [0.2, 0.25) is 0 Å². The van der Waals surface area contributed by atoms with E-state index in [4.69, 9.17) is 0 Å². The zero-order valence-corrected chi connectivity index (χ0v) is 13.4. The lowest BCUT2D eigenvalue weighted by Gasteiger charge is -2.19. The average molecular weight is 297 g/mol. The highest BCUT2D eigenvalue weighted by atomic mass is 16.4. The third kappa shape index (κ3) is 4.35. The smallest absolute Gasteiger partial charge is 0.309 e. The van der Waals surface area contributed by atoms with Crippen LogP contribution in [0.1, 0.15) is 30.5 Å².